The van der Waals surface area contributed by atoms with E-state index in [0.29, 0.717) is 19.8 Å². The summed E-state index contributed by atoms with van der Waals surface area (Å²) in [5.41, 5.74) is 7.72. The van der Waals surface area contributed by atoms with Crippen molar-refractivity contribution in [2.45, 2.75) is 33.3 Å². The molecule has 0 aliphatic carbocycles. The molecule has 114 valence electrons. The molecule has 0 unspecified atom stereocenters. The lowest BCUT2D eigenvalue weighted by Crippen LogP contribution is -2.06. The molecule has 5 heteroatoms. The summed E-state index contributed by atoms with van der Waals surface area (Å²) in [6.45, 7) is 5.86. The summed E-state index contributed by atoms with van der Waals surface area (Å²) in [5, 5.41) is 3.07. The standard InChI is InChI=1S/C16H22N2O2S/c1-3-8-19-15-5-4-13(6-7-17)16(9-15)20-10-14-11-21-12(2)18-14/h4-5,9,11H,3,6-8,10,17H2,1-2H3. The molecule has 1 aromatic heterocycles. The molecule has 2 aromatic rings. The predicted octanol–water partition coefficient (Wildman–Crippen LogP) is 3.32. The van der Waals surface area contributed by atoms with E-state index in [0.717, 1.165) is 40.6 Å². The van der Waals surface area contributed by atoms with Gasteiger partial charge in [0.25, 0.3) is 0 Å². The number of rotatable bonds is 8. The van der Waals surface area contributed by atoms with Crippen LogP contribution in [0.1, 0.15) is 29.6 Å². The molecule has 0 saturated heterocycles. The van der Waals surface area contributed by atoms with Crippen LogP contribution < -0.4 is 15.2 Å². The molecule has 1 heterocycles. The highest BCUT2D eigenvalue weighted by Gasteiger charge is 2.07. The molecular weight excluding hydrogens is 284 g/mol. The third-order valence-corrected chi connectivity index (χ3v) is 3.79. The van der Waals surface area contributed by atoms with Crippen molar-refractivity contribution in [1.82, 2.24) is 4.98 Å². The van der Waals surface area contributed by atoms with Crippen molar-refractivity contribution in [1.29, 1.82) is 0 Å². The minimum Gasteiger partial charge on any atom is -0.493 e. The fraction of sp³-hybridized carbons (Fsp3) is 0.438. The summed E-state index contributed by atoms with van der Waals surface area (Å²) in [7, 11) is 0. The van der Waals surface area contributed by atoms with Crippen LogP contribution in [0.4, 0.5) is 0 Å². The van der Waals surface area contributed by atoms with Crippen molar-refractivity contribution in [3.63, 3.8) is 0 Å². The Bertz CT molecular complexity index is 569. The molecule has 0 fully saturated rings. The fourth-order valence-corrected chi connectivity index (χ4v) is 2.56. The van der Waals surface area contributed by atoms with Gasteiger partial charge < -0.3 is 15.2 Å². The zero-order valence-electron chi connectivity index (χ0n) is 12.6. The number of hydrogen-bond acceptors (Lipinski definition) is 5. The number of nitrogens with zero attached hydrogens (tertiary/aromatic N) is 1. The van der Waals surface area contributed by atoms with E-state index in [2.05, 4.69) is 11.9 Å². The first-order chi connectivity index (χ1) is 10.2. The normalized spacial score (nSPS) is 10.6. The molecule has 0 saturated carbocycles. The van der Waals surface area contributed by atoms with E-state index in [9.17, 15) is 0 Å². The van der Waals surface area contributed by atoms with E-state index < -0.39 is 0 Å². The molecule has 0 radical (unpaired) electrons. The van der Waals surface area contributed by atoms with E-state index in [4.69, 9.17) is 15.2 Å². The summed E-state index contributed by atoms with van der Waals surface area (Å²) >= 11 is 1.63. The number of aromatic nitrogens is 1. The summed E-state index contributed by atoms with van der Waals surface area (Å²) in [6, 6.07) is 5.94. The van der Waals surface area contributed by atoms with Gasteiger partial charge in [-0.25, -0.2) is 4.98 Å². The Labute approximate surface area is 129 Å². The summed E-state index contributed by atoms with van der Waals surface area (Å²) in [6.07, 6.45) is 1.78. The molecule has 4 nitrogen and oxygen atoms in total. The third-order valence-electron chi connectivity index (χ3n) is 2.97. The summed E-state index contributed by atoms with van der Waals surface area (Å²) in [5.74, 6) is 1.67. The SMILES string of the molecule is CCCOc1ccc(CCN)c(OCc2csc(C)n2)c1. The van der Waals surface area contributed by atoms with Gasteiger partial charge in [0.15, 0.2) is 0 Å². The van der Waals surface area contributed by atoms with Gasteiger partial charge in [0, 0.05) is 11.4 Å². The quantitative estimate of drug-likeness (QED) is 0.813. The van der Waals surface area contributed by atoms with Gasteiger partial charge in [-0.1, -0.05) is 13.0 Å². The van der Waals surface area contributed by atoms with Crippen LogP contribution in [-0.2, 0) is 13.0 Å². The van der Waals surface area contributed by atoms with Crippen molar-refractivity contribution >= 4 is 11.3 Å². The Morgan fingerprint density at radius 3 is 2.81 bits per heavy atom. The Balaban J connectivity index is 2.09. The van der Waals surface area contributed by atoms with Gasteiger partial charge in [0.1, 0.15) is 18.1 Å². The van der Waals surface area contributed by atoms with Crippen LogP contribution in [0.2, 0.25) is 0 Å². The van der Waals surface area contributed by atoms with E-state index in [-0.39, 0.29) is 0 Å². The molecule has 0 atom stereocenters. The van der Waals surface area contributed by atoms with Crippen molar-refractivity contribution in [3.8, 4) is 11.5 Å². The van der Waals surface area contributed by atoms with Crippen molar-refractivity contribution in [3.05, 3.63) is 39.8 Å². The van der Waals surface area contributed by atoms with Crippen LogP contribution in [0.5, 0.6) is 11.5 Å². The maximum absolute atomic E-state index is 5.92. The number of ether oxygens (including phenoxy) is 2. The predicted molar refractivity (Wildman–Crippen MR) is 86.2 cm³/mol. The highest BCUT2D eigenvalue weighted by atomic mass is 32.1. The minimum absolute atomic E-state index is 0.471. The summed E-state index contributed by atoms with van der Waals surface area (Å²) < 4.78 is 11.6. The third kappa shape index (κ3) is 4.72. The van der Waals surface area contributed by atoms with Gasteiger partial charge in [-0.05, 0) is 37.9 Å². The van der Waals surface area contributed by atoms with Crippen molar-refractivity contribution < 1.29 is 9.47 Å². The van der Waals surface area contributed by atoms with Gasteiger partial charge in [-0.2, -0.15) is 0 Å². The molecule has 2 rings (SSSR count). The molecule has 1 aromatic carbocycles. The monoisotopic (exact) mass is 306 g/mol. The Morgan fingerprint density at radius 1 is 1.29 bits per heavy atom. The first kappa shape index (κ1) is 15.8. The van der Waals surface area contributed by atoms with Crippen LogP contribution in [0.15, 0.2) is 23.6 Å². The van der Waals surface area contributed by atoms with E-state index in [1.807, 2.05) is 30.5 Å². The van der Waals surface area contributed by atoms with Gasteiger partial charge in [-0.15, -0.1) is 11.3 Å². The second kappa shape index (κ2) is 8.00. The van der Waals surface area contributed by atoms with Gasteiger partial charge in [0.2, 0.25) is 0 Å². The molecule has 0 aliphatic heterocycles. The zero-order valence-corrected chi connectivity index (χ0v) is 13.4. The average Bonchev–Trinajstić information content (AvgIpc) is 2.90. The summed E-state index contributed by atoms with van der Waals surface area (Å²) in [4.78, 5) is 4.41. The Kier molecular flexibility index (Phi) is 6.02. The fourth-order valence-electron chi connectivity index (χ4n) is 1.97. The second-order valence-corrected chi connectivity index (χ2v) is 5.87. The smallest absolute Gasteiger partial charge is 0.131 e. The first-order valence-electron chi connectivity index (χ1n) is 7.22. The van der Waals surface area contributed by atoms with Gasteiger partial charge >= 0.3 is 0 Å². The average molecular weight is 306 g/mol. The van der Waals surface area contributed by atoms with Crippen LogP contribution in [0.25, 0.3) is 0 Å². The van der Waals surface area contributed by atoms with Crippen molar-refractivity contribution in [2.24, 2.45) is 5.73 Å². The highest BCUT2D eigenvalue weighted by molar-refractivity contribution is 7.09. The molecular formula is C16H22N2O2S. The molecule has 0 bridgehead atoms. The first-order valence-corrected chi connectivity index (χ1v) is 8.10. The Morgan fingerprint density at radius 2 is 2.14 bits per heavy atom. The molecule has 2 N–H and O–H groups in total. The maximum atomic E-state index is 5.92. The van der Waals surface area contributed by atoms with E-state index >= 15 is 0 Å². The van der Waals surface area contributed by atoms with Crippen LogP contribution >= 0.6 is 11.3 Å². The van der Waals surface area contributed by atoms with Gasteiger partial charge in [0.05, 0.1) is 17.3 Å². The molecule has 21 heavy (non-hydrogen) atoms. The molecule has 0 amide bonds. The number of benzene rings is 1. The molecule has 0 spiro atoms. The van der Waals surface area contributed by atoms with Crippen LogP contribution in [-0.4, -0.2) is 18.1 Å². The van der Waals surface area contributed by atoms with E-state index in [1.165, 1.54) is 0 Å². The maximum Gasteiger partial charge on any atom is 0.131 e. The highest BCUT2D eigenvalue weighted by Crippen LogP contribution is 2.26. The number of thiazole rings is 1. The second-order valence-electron chi connectivity index (χ2n) is 4.80. The lowest BCUT2D eigenvalue weighted by Gasteiger charge is -2.13. The molecule has 0 aliphatic rings. The van der Waals surface area contributed by atoms with E-state index in [1.54, 1.807) is 11.3 Å². The van der Waals surface area contributed by atoms with Crippen LogP contribution in [0, 0.1) is 6.92 Å². The number of hydrogen-bond donors (Lipinski definition) is 1. The van der Waals surface area contributed by atoms with Crippen molar-refractivity contribution in [2.75, 3.05) is 13.2 Å². The van der Waals surface area contributed by atoms with Crippen LogP contribution in [0.3, 0.4) is 0 Å². The lowest BCUT2D eigenvalue weighted by molar-refractivity contribution is 0.289. The topological polar surface area (TPSA) is 57.4 Å². The lowest BCUT2D eigenvalue weighted by atomic mass is 10.1. The number of aryl methyl sites for hydroxylation is 1. The largest absolute Gasteiger partial charge is 0.493 e. The zero-order chi connectivity index (χ0) is 15.1. The Hall–Kier alpha value is -1.59. The minimum atomic E-state index is 0.471. The van der Waals surface area contributed by atoms with Gasteiger partial charge in [-0.3, -0.25) is 0 Å². The number of nitrogens with two attached hydrogens (primary N) is 1.